The molecule has 0 bridgehead atoms. The Bertz CT molecular complexity index is 1370. The SMILES string of the molecule is CCNC(=O)C(Cc1ccccc1)N(Cc1cccc(Cl)c1)C(=O)CCCN(c1ccccc1C)S(C)(=O)=O. The second kappa shape index (κ2) is 14.1. The van der Waals surface area contributed by atoms with Crippen molar-refractivity contribution in [3.8, 4) is 0 Å². The zero-order chi connectivity index (χ0) is 28.4. The molecule has 1 N–H and O–H groups in total. The van der Waals surface area contributed by atoms with Crippen molar-refractivity contribution >= 4 is 39.1 Å². The highest BCUT2D eigenvalue weighted by atomic mass is 35.5. The topological polar surface area (TPSA) is 86.8 Å². The Balaban J connectivity index is 1.87. The third kappa shape index (κ3) is 8.83. The molecule has 0 aliphatic carbocycles. The van der Waals surface area contributed by atoms with Crippen molar-refractivity contribution < 1.29 is 18.0 Å². The first-order valence-electron chi connectivity index (χ1n) is 13.0. The van der Waals surface area contributed by atoms with E-state index in [2.05, 4.69) is 5.32 Å². The Morgan fingerprint density at radius 3 is 2.26 bits per heavy atom. The average Bonchev–Trinajstić information content (AvgIpc) is 2.89. The van der Waals surface area contributed by atoms with Crippen LogP contribution in [-0.4, -0.2) is 50.5 Å². The number of hydrogen-bond donors (Lipinski definition) is 1. The Morgan fingerprint density at radius 1 is 0.949 bits per heavy atom. The van der Waals surface area contributed by atoms with Crippen LogP contribution in [0.15, 0.2) is 78.9 Å². The quantitative estimate of drug-likeness (QED) is 0.315. The minimum atomic E-state index is -3.56. The molecular formula is C30H36ClN3O4S. The van der Waals surface area contributed by atoms with Crippen molar-refractivity contribution in [2.24, 2.45) is 0 Å². The van der Waals surface area contributed by atoms with Crippen molar-refractivity contribution in [1.29, 1.82) is 0 Å². The van der Waals surface area contributed by atoms with E-state index in [1.165, 1.54) is 4.31 Å². The van der Waals surface area contributed by atoms with Gasteiger partial charge in [-0.05, 0) is 55.2 Å². The lowest BCUT2D eigenvalue weighted by Gasteiger charge is -2.32. The number of carbonyl (C=O) groups is 2. The largest absolute Gasteiger partial charge is 0.355 e. The maximum Gasteiger partial charge on any atom is 0.243 e. The summed E-state index contributed by atoms with van der Waals surface area (Å²) in [6.07, 6.45) is 1.87. The molecule has 0 saturated carbocycles. The lowest BCUT2D eigenvalue weighted by Crippen LogP contribution is -2.50. The molecule has 0 radical (unpaired) electrons. The van der Waals surface area contributed by atoms with E-state index in [4.69, 9.17) is 11.6 Å². The number of carbonyl (C=O) groups excluding carboxylic acids is 2. The van der Waals surface area contributed by atoms with Crippen LogP contribution in [0.3, 0.4) is 0 Å². The van der Waals surface area contributed by atoms with Gasteiger partial charge in [0.2, 0.25) is 21.8 Å². The van der Waals surface area contributed by atoms with Crippen LogP contribution in [0.4, 0.5) is 5.69 Å². The van der Waals surface area contributed by atoms with Gasteiger partial charge in [0.25, 0.3) is 0 Å². The van der Waals surface area contributed by atoms with Crippen molar-refractivity contribution in [2.75, 3.05) is 23.7 Å². The second-order valence-electron chi connectivity index (χ2n) is 9.48. The molecule has 39 heavy (non-hydrogen) atoms. The van der Waals surface area contributed by atoms with Gasteiger partial charge in [0.15, 0.2) is 0 Å². The van der Waals surface area contributed by atoms with Gasteiger partial charge in [-0.3, -0.25) is 13.9 Å². The highest BCUT2D eigenvalue weighted by molar-refractivity contribution is 7.92. The minimum Gasteiger partial charge on any atom is -0.355 e. The number of benzene rings is 3. The van der Waals surface area contributed by atoms with Crippen molar-refractivity contribution in [2.45, 2.75) is 45.7 Å². The molecule has 7 nitrogen and oxygen atoms in total. The molecule has 0 aliphatic heterocycles. The maximum atomic E-state index is 13.8. The van der Waals surface area contributed by atoms with E-state index in [1.807, 2.05) is 68.4 Å². The predicted octanol–water partition coefficient (Wildman–Crippen LogP) is 4.97. The van der Waals surface area contributed by atoms with Crippen LogP contribution in [0.1, 0.15) is 36.5 Å². The predicted molar refractivity (Wildman–Crippen MR) is 157 cm³/mol. The molecule has 0 aromatic heterocycles. The van der Waals surface area contributed by atoms with E-state index in [0.717, 1.165) is 22.9 Å². The minimum absolute atomic E-state index is 0.0726. The number of anilines is 1. The molecule has 3 aromatic carbocycles. The molecule has 1 atom stereocenters. The fourth-order valence-electron chi connectivity index (χ4n) is 4.50. The number of rotatable bonds is 13. The van der Waals surface area contributed by atoms with Crippen LogP contribution in [0.2, 0.25) is 5.02 Å². The fourth-order valence-corrected chi connectivity index (χ4v) is 5.74. The van der Waals surface area contributed by atoms with Crippen LogP contribution in [0, 0.1) is 6.92 Å². The van der Waals surface area contributed by atoms with Gasteiger partial charge in [0, 0.05) is 37.5 Å². The zero-order valence-electron chi connectivity index (χ0n) is 22.6. The number of sulfonamides is 1. The van der Waals surface area contributed by atoms with Gasteiger partial charge < -0.3 is 10.2 Å². The summed E-state index contributed by atoms with van der Waals surface area (Å²) < 4.78 is 26.5. The van der Waals surface area contributed by atoms with Gasteiger partial charge in [0.05, 0.1) is 11.9 Å². The summed E-state index contributed by atoms with van der Waals surface area (Å²) in [5, 5.41) is 3.42. The lowest BCUT2D eigenvalue weighted by atomic mass is 10.0. The number of likely N-dealkylation sites (N-methyl/N-ethyl adjacent to an activating group) is 1. The first-order valence-corrected chi connectivity index (χ1v) is 15.2. The summed E-state index contributed by atoms with van der Waals surface area (Å²) in [5.41, 5.74) is 3.15. The third-order valence-electron chi connectivity index (χ3n) is 6.40. The third-order valence-corrected chi connectivity index (χ3v) is 7.82. The number of nitrogens with zero attached hydrogens (tertiary/aromatic N) is 2. The highest BCUT2D eigenvalue weighted by Crippen LogP contribution is 2.23. The van der Waals surface area contributed by atoms with Crippen LogP contribution in [0.25, 0.3) is 0 Å². The van der Waals surface area contributed by atoms with Crippen molar-refractivity contribution in [1.82, 2.24) is 10.2 Å². The zero-order valence-corrected chi connectivity index (χ0v) is 24.2. The number of hydrogen-bond acceptors (Lipinski definition) is 4. The summed E-state index contributed by atoms with van der Waals surface area (Å²) in [4.78, 5) is 28.6. The number of halogens is 1. The molecule has 208 valence electrons. The summed E-state index contributed by atoms with van der Waals surface area (Å²) in [7, 11) is -3.56. The van der Waals surface area contributed by atoms with E-state index in [-0.39, 0.29) is 31.3 Å². The molecule has 0 spiro atoms. The molecular weight excluding hydrogens is 534 g/mol. The van der Waals surface area contributed by atoms with Crippen LogP contribution in [0.5, 0.6) is 0 Å². The van der Waals surface area contributed by atoms with E-state index >= 15 is 0 Å². The summed E-state index contributed by atoms with van der Waals surface area (Å²) in [6, 6.07) is 23.3. The van der Waals surface area contributed by atoms with E-state index in [9.17, 15) is 18.0 Å². The van der Waals surface area contributed by atoms with Crippen molar-refractivity contribution in [3.05, 3.63) is 101 Å². The molecule has 0 aliphatic rings. The first-order chi connectivity index (χ1) is 18.6. The molecule has 0 saturated heterocycles. The second-order valence-corrected chi connectivity index (χ2v) is 11.8. The standard InChI is InChI=1S/C30H36ClN3O4S/c1-4-32-30(36)28(21-24-13-6-5-7-14-24)33(22-25-15-10-16-26(31)20-25)29(35)18-11-19-34(39(3,37)38)27-17-9-8-12-23(27)2/h5-10,12-17,20,28H,4,11,18-19,21-22H2,1-3H3,(H,32,36). The number of nitrogens with one attached hydrogen (secondary N) is 1. The van der Waals surface area contributed by atoms with E-state index in [0.29, 0.717) is 30.1 Å². The highest BCUT2D eigenvalue weighted by Gasteiger charge is 2.30. The van der Waals surface area contributed by atoms with Crippen molar-refractivity contribution in [3.63, 3.8) is 0 Å². The van der Waals surface area contributed by atoms with Gasteiger partial charge in [-0.15, -0.1) is 0 Å². The van der Waals surface area contributed by atoms with E-state index in [1.54, 1.807) is 29.2 Å². The number of amides is 2. The lowest BCUT2D eigenvalue weighted by molar-refractivity contribution is -0.141. The fraction of sp³-hybridized carbons (Fsp3) is 0.333. The molecule has 0 heterocycles. The Kier molecular flexibility index (Phi) is 10.9. The molecule has 0 fully saturated rings. The smallest absolute Gasteiger partial charge is 0.243 e. The van der Waals surface area contributed by atoms with Gasteiger partial charge in [-0.2, -0.15) is 0 Å². The van der Waals surface area contributed by atoms with Crippen LogP contribution in [-0.2, 0) is 32.6 Å². The average molecular weight is 570 g/mol. The first kappa shape index (κ1) is 30.2. The van der Waals surface area contributed by atoms with Gasteiger partial charge in [-0.25, -0.2) is 8.42 Å². The maximum absolute atomic E-state index is 13.8. The molecule has 3 rings (SSSR count). The van der Waals surface area contributed by atoms with Gasteiger partial charge >= 0.3 is 0 Å². The van der Waals surface area contributed by atoms with E-state index < -0.39 is 16.1 Å². The number of para-hydroxylation sites is 1. The molecule has 1 unspecified atom stereocenters. The van der Waals surface area contributed by atoms with Crippen LogP contribution >= 0.6 is 11.6 Å². The Labute approximate surface area is 236 Å². The normalized spacial score (nSPS) is 12.0. The summed E-state index contributed by atoms with van der Waals surface area (Å²) >= 11 is 6.22. The molecule has 9 heteroatoms. The number of aryl methyl sites for hydroxylation is 1. The summed E-state index contributed by atoms with van der Waals surface area (Å²) in [6.45, 7) is 4.47. The van der Waals surface area contributed by atoms with Gasteiger partial charge in [0.1, 0.15) is 6.04 Å². The van der Waals surface area contributed by atoms with Gasteiger partial charge in [-0.1, -0.05) is 72.3 Å². The summed E-state index contributed by atoms with van der Waals surface area (Å²) in [5.74, 6) is -0.477. The van der Waals surface area contributed by atoms with Crippen LogP contribution < -0.4 is 9.62 Å². The molecule has 3 aromatic rings. The Morgan fingerprint density at radius 2 is 1.62 bits per heavy atom. The monoisotopic (exact) mass is 569 g/mol. The Hall–Kier alpha value is -3.36. The molecule has 2 amide bonds.